The average Bonchev–Trinajstić information content (AvgIpc) is 3.13. The van der Waals surface area contributed by atoms with Crippen molar-refractivity contribution in [3.05, 3.63) is 59.6 Å². The zero-order chi connectivity index (χ0) is 17.8. The van der Waals surface area contributed by atoms with Crippen LogP contribution in [0.5, 0.6) is 0 Å². The largest absolute Gasteiger partial charge is 0.469 e. The first-order chi connectivity index (χ1) is 12.0. The fraction of sp³-hybridized carbons (Fsp3) is 0.333. The number of hydrogen-bond acceptors (Lipinski definition) is 3. The number of rotatable bonds is 4. The molecule has 2 amide bonds. The van der Waals surface area contributed by atoms with Gasteiger partial charge in [0.05, 0.1) is 11.8 Å². The number of furan rings is 1. The van der Waals surface area contributed by atoms with Crippen molar-refractivity contribution in [2.24, 2.45) is 0 Å². The first kappa shape index (κ1) is 17.1. The van der Waals surface area contributed by atoms with Crippen molar-refractivity contribution in [1.29, 1.82) is 0 Å². The van der Waals surface area contributed by atoms with E-state index in [2.05, 4.69) is 0 Å². The molecule has 0 unspecified atom stereocenters. The number of amides is 2. The van der Waals surface area contributed by atoms with Crippen molar-refractivity contribution >= 4 is 11.8 Å². The Kier molecular flexibility index (Phi) is 5.11. The zero-order valence-corrected chi connectivity index (χ0v) is 13.6. The number of aryl methyl sites for hydroxylation is 1. The molecule has 7 heteroatoms. The van der Waals surface area contributed by atoms with E-state index in [-0.39, 0.29) is 11.5 Å². The van der Waals surface area contributed by atoms with Crippen LogP contribution in [0.4, 0.5) is 8.78 Å². The number of nitrogens with zero attached hydrogens (tertiary/aromatic N) is 2. The second-order valence-electron chi connectivity index (χ2n) is 5.88. The molecule has 1 aliphatic rings. The Bertz CT molecular complexity index is 754. The highest BCUT2D eigenvalue weighted by Gasteiger charge is 2.26. The maximum atomic E-state index is 13.7. The van der Waals surface area contributed by atoms with Gasteiger partial charge in [0, 0.05) is 45.1 Å². The Balaban J connectivity index is 1.52. The van der Waals surface area contributed by atoms with Crippen LogP contribution >= 0.6 is 0 Å². The first-order valence-corrected chi connectivity index (χ1v) is 8.09. The number of carbonyl (C=O) groups excluding carboxylic acids is 2. The van der Waals surface area contributed by atoms with E-state index in [0.717, 1.165) is 17.9 Å². The van der Waals surface area contributed by atoms with Crippen LogP contribution in [0.3, 0.4) is 0 Å². The number of piperazine rings is 1. The summed E-state index contributed by atoms with van der Waals surface area (Å²) in [5.41, 5.74) is -0.154. The van der Waals surface area contributed by atoms with Crippen molar-refractivity contribution < 1.29 is 22.8 Å². The van der Waals surface area contributed by atoms with Gasteiger partial charge in [0.1, 0.15) is 17.4 Å². The predicted molar refractivity (Wildman–Crippen MR) is 85.9 cm³/mol. The van der Waals surface area contributed by atoms with Gasteiger partial charge in [-0.05, 0) is 24.3 Å². The van der Waals surface area contributed by atoms with Crippen molar-refractivity contribution in [2.75, 3.05) is 26.2 Å². The minimum absolute atomic E-state index is 0.00328. The van der Waals surface area contributed by atoms with Crippen LogP contribution in [0.15, 0.2) is 41.0 Å². The van der Waals surface area contributed by atoms with Crippen molar-refractivity contribution in [3.63, 3.8) is 0 Å². The molecule has 0 spiro atoms. The average molecular weight is 348 g/mol. The maximum Gasteiger partial charge on any atom is 0.256 e. The molecule has 5 nitrogen and oxygen atoms in total. The molecule has 0 radical (unpaired) electrons. The van der Waals surface area contributed by atoms with Gasteiger partial charge in [-0.15, -0.1) is 0 Å². The van der Waals surface area contributed by atoms with Gasteiger partial charge < -0.3 is 14.2 Å². The lowest BCUT2D eigenvalue weighted by Crippen LogP contribution is -2.50. The van der Waals surface area contributed by atoms with Gasteiger partial charge in [-0.3, -0.25) is 9.59 Å². The molecular weight excluding hydrogens is 330 g/mol. The zero-order valence-electron chi connectivity index (χ0n) is 13.6. The lowest BCUT2D eigenvalue weighted by Gasteiger charge is -2.35. The normalized spacial score (nSPS) is 14.6. The fourth-order valence-corrected chi connectivity index (χ4v) is 2.84. The van der Waals surface area contributed by atoms with Crippen molar-refractivity contribution in [3.8, 4) is 0 Å². The van der Waals surface area contributed by atoms with E-state index in [1.54, 1.807) is 17.2 Å². The highest BCUT2D eigenvalue weighted by Crippen LogP contribution is 2.15. The highest BCUT2D eigenvalue weighted by molar-refractivity contribution is 5.94. The first-order valence-electron chi connectivity index (χ1n) is 8.09. The molecule has 0 bridgehead atoms. The molecule has 132 valence electrons. The summed E-state index contributed by atoms with van der Waals surface area (Å²) in [5, 5.41) is 0. The number of carbonyl (C=O) groups is 2. The van der Waals surface area contributed by atoms with Crippen LogP contribution in [0.1, 0.15) is 22.5 Å². The molecule has 25 heavy (non-hydrogen) atoms. The summed E-state index contributed by atoms with van der Waals surface area (Å²) in [5.74, 6) is -1.33. The molecular formula is C18H18F2N2O3. The molecule has 1 aromatic heterocycles. The topological polar surface area (TPSA) is 53.8 Å². The Morgan fingerprint density at radius 2 is 1.76 bits per heavy atom. The molecule has 1 saturated heterocycles. The quantitative estimate of drug-likeness (QED) is 0.853. The molecule has 2 heterocycles. The fourth-order valence-electron chi connectivity index (χ4n) is 2.84. The van der Waals surface area contributed by atoms with Crippen molar-refractivity contribution in [2.45, 2.75) is 12.8 Å². The van der Waals surface area contributed by atoms with E-state index in [0.29, 0.717) is 45.1 Å². The number of halogens is 2. The molecule has 2 aromatic rings. The highest BCUT2D eigenvalue weighted by atomic mass is 19.1. The minimum atomic E-state index is -0.873. The predicted octanol–water partition coefficient (Wildman–Crippen LogP) is 2.48. The molecule has 0 saturated carbocycles. The van der Waals surface area contributed by atoms with Gasteiger partial charge in [0.25, 0.3) is 5.91 Å². The van der Waals surface area contributed by atoms with Gasteiger partial charge in [-0.2, -0.15) is 0 Å². The third kappa shape index (κ3) is 4.04. The molecule has 3 rings (SSSR count). The summed E-state index contributed by atoms with van der Waals surface area (Å²) in [6.45, 7) is 1.43. The SMILES string of the molecule is O=C(CCc1ccco1)N1CCN(C(=O)c2ccc(F)cc2F)CC1. The van der Waals surface area contributed by atoms with E-state index in [4.69, 9.17) is 4.42 Å². The van der Waals surface area contributed by atoms with Crippen LogP contribution in [0.2, 0.25) is 0 Å². The second kappa shape index (κ2) is 7.46. The van der Waals surface area contributed by atoms with Crippen LogP contribution in [0.25, 0.3) is 0 Å². The second-order valence-corrected chi connectivity index (χ2v) is 5.88. The van der Waals surface area contributed by atoms with Crippen LogP contribution < -0.4 is 0 Å². The van der Waals surface area contributed by atoms with Gasteiger partial charge in [-0.1, -0.05) is 0 Å². The summed E-state index contributed by atoms with van der Waals surface area (Å²) in [4.78, 5) is 27.7. The number of benzene rings is 1. The van der Waals surface area contributed by atoms with E-state index in [1.165, 1.54) is 4.90 Å². The molecule has 0 aliphatic carbocycles. The maximum absolute atomic E-state index is 13.7. The van der Waals surface area contributed by atoms with E-state index < -0.39 is 17.5 Å². The Labute approximate surface area is 143 Å². The Morgan fingerprint density at radius 1 is 1.04 bits per heavy atom. The standard InChI is InChI=1S/C18H18F2N2O3/c19-13-3-5-15(16(20)12-13)18(24)22-9-7-21(8-10-22)17(23)6-4-14-2-1-11-25-14/h1-3,5,11-12H,4,6-10H2. The van der Waals surface area contributed by atoms with E-state index >= 15 is 0 Å². The van der Waals surface area contributed by atoms with Gasteiger partial charge >= 0.3 is 0 Å². The summed E-state index contributed by atoms with van der Waals surface area (Å²) in [6, 6.07) is 6.50. The molecule has 0 N–H and O–H groups in total. The van der Waals surface area contributed by atoms with Gasteiger partial charge in [0.2, 0.25) is 5.91 Å². The lowest BCUT2D eigenvalue weighted by atomic mass is 10.1. The van der Waals surface area contributed by atoms with Crippen LogP contribution in [-0.2, 0) is 11.2 Å². The summed E-state index contributed by atoms with van der Waals surface area (Å²) >= 11 is 0. The smallest absolute Gasteiger partial charge is 0.256 e. The third-order valence-corrected chi connectivity index (χ3v) is 4.25. The molecule has 1 aromatic carbocycles. The van der Waals surface area contributed by atoms with Crippen LogP contribution in [-0.4, -0.2) is 47.8 Å². The van der Waals surface area contributed by atoms with Crippen LogP contribution in [0, 0.1) is 11.6 Å². The number of hydrogen-bond donors (Lipinski definition) is 0. The lowest BCUT2D eigenvalue weighted by molar-refractivity contribution is -0.132. The molecule has 1 aliphatic heterocycles. The monoisotopic (exact) mass is 348 g/mol. The summed E-state index contributed by atoms with van der Waals surface area (Å²) in [6.07, 6.45) is 2.44. The summed E-state index contributed by atoms with van der Waals surface area (Å²) < 4.78 is 31.9. The Morgan fingerprint density at radius 3 is 2.40 bits per heavy atom. The summed E-state index contributed by atoms with van der Waals surface area (Å²) in [7, 11) is 0. The van der Waals surface area contributed by atoms with E-state index in [9.17, 15) is 18.4 Å². The Hall–Kier alpha value is -2.70. The van der Waals surface area contributed by atoms with E-state index in [1.807, 2.05) is 6.07 Å². The molecule has 0 atom stereocenters. The van der Waals surface area contributed by atoms with Crippen molar-refractivity contribution in [1.82, 2.24) is 9.80 Å². The minimum Gasteiger partial charge on any atom is -0.469 e. The van der Waals surface area contributed by atoms with Gasteiger partial charge in [-0.25, -0.2) is 8.78 Å². The third-order valence-electron chi connectivity index (χ3n) is 4.25. The molecule has 1 fully saturated rings. The van der Waals surface area contributed by atoms with Gasteiger partial charge in [0.15, 0.2) is 0 Å².